The Balaban J connectivity index is 0.00000208. The zero-order chi connectivity index (χ0) is 16.3. The van der Waals surface area contributed by atoms with Crippen LogP contribution in [-0.4, -0.2) is 37.7 Å². The van der Waals surface area contributed by atoms with E-state index in [1.165, 1.54) is 12.1 Å². The molecule has 0 saturated carbocycles. The van der Waals surface area contributed by atoms with E-state index < -0.39 is 5.41 Å². The van der Waals surface area contributed by atoms with Gasteiger partial charge >= 0.3 is 0 Å². The molecule has 0 aromatic heterocycles. The molecule has 2 aliphatic heterocycles. The largest absolute Gasteiger partial charge is 0.381 e. The Morgan fingerprint density at radius 3 is 2.58 bits per heavy atom. The number of carbonyl (C=O) groups is 1. The zero-order valence-electron chi connectivity index (χ0n) is 14.0. The minimum absolute atomic E-state index is 0. The van der Waals surface area contributed by atoms with Crippen LogP contribution in [0.3, 0.4) is 0 Å². The number of halogens is 2. The van der Waals surface area contributed by atoms with Gasteiger partial charge in [-0.1, -0.05) is 12.1 Å². The van der Waals surface area contributed by atoms with Gasteiger partial charge in [0.05, 0.1) is 5.41 Å². The summed E-state index contributed by atoms with van der Waals surface area (Å²) in [6.45, 7) is 4.23. The predicted octanol–water partition coefficient (Wildman–Crippen LogP) is 2.55. The van der Waals surface area contributed by atoms with Gasteiger partial charge in [-0.05, 0) is 56.8 Å². The maximum Gasteiger partial charge on any atom is 0.231 e. The fourth-order valence-electron chi connectivity index (χ4n) is 3.68. The van der Waals surface area contributed by atoms with Crippen LogP contribution in [0.15, 0.2) is 24.3 Å². The molecule has 2 heterocycles. The lowest BCUT2D eigenvalue weighted by molar-refractivity contribution is -0.131. The van der Waals surface area contributed by atoms with Gasteiger partial charge in [0, 0.05) is 25.3 Å². The van der Waals surface area contributed by atoms with Gasteiger partial charge in [0.25, 0.3) is 0 Å². The fourth-order valence-corrected chi connectivity index (χ4v) is 3.68. The highest BCUT2D eigenvalue weighted by Gasteiger charge is 2.42. The molecule has 0 radical (unpaired) electrons. The van der Waals surface area contributed by atoms with Gasteiger partial charge in [-0.2, -0.15) is 0 Å². The molecule has 1 amide bonds. The summed E-state index contributed by atoms with van der Waals surface area (Å²) in [5.41, 5.74) is 0.277. The van der Waals surface area contributed by atoms with E-state index in [0.717, 1.165) is 24.9 Å². The van der Waals surface area contributed by atoms with Gasteiger partial charge in [-0.25, -0.2) is 4.39 Å². The van der Waals surface area contributed by atoms with Crippen molar-refractivity contribution in [2.75, 3.05) is 19.8 Å². The first-order valence-electron chi connectivity index (χ1n) is 8.50. The third-order valence-electron chi connectivity index (χ3n) is 5.26. The number of nitrogens with one attached hydrogen (secondary N) is 2. The monoisotopic (exact) mass is 356 g/mol. The molecule has 134 valence electrons. The molecule has 0 spiro atoms. The maximum atomic E-state index is 13.3. The van der Waals surface area contributed by atoms with E-state index >= 15 is 0 Å². The first-order chi connectivity index (χ1) is 11.1. The molecule has 6 heteroatoms. The first-order valence-corrected chi connectivity index (χ1v) is 8.50. The zero-order valence-corrected chi connectivity index (χ0v) is 14.8. The number of benzene rings is 1. The lowest BCUT2D eigenvalue weighted by Gasteiger charge is -2.39. The number of hydrogen-bond donors (Lipinski definition) is 2. The second-order valence-electron chi connectivity index (χ2n) is 6.67. The molecule has 0 aliphatic carbocycles. The lowest BCUT2D eigenvalue weighted by Crippen LogP contribution is -2.57. The predicted molar refractivity (Wildman–Crippen MR) is 94.0 cm³/mol. The van der Waals surface area contributed by atoms with Gasteiger partial charge < -0.3 is 15.4 Å². The molecule has 1 aromatic rings. The van der Waals surface area contributed by atoms with Crippen molar-refractivity contribution in [2.45, 2.75) is 50.1 Å². The number of rotatable bonds is 3. The highest BCUT2D eigenvalue weighted by molar-refractivity contribution is 5.88. The molecule has 0 bridgehead atoms. The average Bonchev–Trinajstić information content (AvgIpc) is 2.58. The molecule has 24 heavy (non-hydrogen) atoms. The molecule has 2 N–H and O–H groups in total. The molecular formula is C18H26ClFN2O2. The number of piperidine rings is 1. The minimum atomic E-state index is -0.608. The van der Waals surface area contributed by atoms with Crippen molar-refractivity contribution < 1.29 is 13.9 Å². The summed E-state index contributed by atoms with van der Waals surface area (Å²) in [6.07, 6.45) is 3.34. The number of carbonyl (C=O) groups excluding carboxylic acids is 1. The van der Waals surface area contributed by atoms with Gasteiger partial charge in [0.1, 0.15) is 5.82 Å². The summed E-state index contributed by atoms with van der Waals surface area (Å²) in [5.74, 6) is -0.227. The normalized spacial score (nSPS) is 26.2. The van der Waals surface area contributed by atoms with Crippen LogP contribution in [0.2, 0.25) is 0 Å². The van der Waals surface area contributed by atoms with Crippen LogP contribution in [0, 0.1) is 5.82 Å². The molecule has 2 atom stereocenters. The molecular weight excluding hydrogens is 331 g/mol. The van der Waals surface area contributed by atoms with Gasteiger partial charge in [0.2, 0.25) is 5.91 Å². The van der Waals surface area contributed by atoms with Crippen molar-refractivity contribution in [3.8, 4) is 0 Å². The molecule has 2 saturated heterocycles. The summed E-state index contributed by atoms with van der Waals surface area (Å²) in [7, 11) is 0. The highest BCUT2D eigenvalue weighted by Crippen LogP contribution is 2.35. The minimum Gasteiger partial charge on any atom is -0.381 e. The number of hydrogen-bond acceptors (Lipinski definition) is 3. The van der Waals surface area contributed by atoms with Crippen LogP contribution in [0.1, 0.15) is 38.2 Å². The molecule has 3 rings (SSSR count). The maximum absolute atomic E-state index is 13.3. The van der Waals surface area contributed by atoms with Crippen molar-refractivity contribution in [3.63, 3.8) is 0 Å². The van der Waals surface area contributed by atoms with E-state index in [1.54, 1.807) is 12.1 Å². The highest BCUT2D eigenvalue weighted by atomic mass is 35.5. The Morgan fingerprint density at radius 1 is 1.29 bits per heavy atom. The van der Waals surface area contributed by atoms with Crippen molar-refractivity contribution in [1.29, 1.82) is 0 Å². The van der Waals surface area contributed by atoms with Crippen molar-refractivity contribution in [2.24, 2.45) is 0 Å². The Labute approximate surface area is 148 Å². The van der Waals surface area contributed by atoms with Gasteiger partial charge in [0.15, 0.2) is 0 Å². The summed E-state index contributed by atoms with van der Waals surface area (Å²) in [5, 5.41) is 6.65. The van der Waals surface area contributed by atoms with Crippen LogP contribution in [-0.2, 0) is 14.9 Å². The van der Waals surface area contributed by atoms with Crippen LogP contribution < -0.4 is 10.6 Å². The van der Waals surface area contributed by atoms with E-state index in [0.29, 0.717) is 26.1 Å². The SMILES string of the molecule is CC1NCCCC1NC(=O)C1(c2ccc(F)cc2)CCOCC1.Cl. The second kappa shape index (κ2) is 8.28. The summed E-state index contributed by atoms with van der Waals surface area (Å²) < 4.78 is 18.7. The van der Waals surface area contributed by atoms with Crippen LogP contribution >= 0.6 is 12.4 Å². The Bertz CT molecular complexity index is 546. The third-order valence-corrected chi connectivity index (χ3v) is 5.26. The van der Waals surface area contributed by atoms with Gasteiger partial charge in [-0.15, -0.1) is 12.4 Å². The van der Waals surface area contributed by atoms with E-state index in [-0.39, 0.29) is 36.2 Å². The van der Waals surface area contributed by atoms with E-state index in [1.807, 2.05) is 0 Å². The smallest absolute Gasteiger partial charge is 0.231 e. The molecule has 2 unspecified atom stereocenters. The molecule has 4 nitrogen and oxygen atoms in total. The third kappa shape index (κ3) is 3.90. The molecule has 2 fully saturated rings. The van der Waals surface area contributed by atoms with E-state index in [9.17, 15) is 9.18 Å². The van der Waals surface area contributed by atoms with Crippen LogP contribution in [0.4, 0.5) is 4.39 Å². The Hall–Kier alpha value is -1.17. The second-order valence-corrected chi connectivity index (χ2v) is 6.67. The summed E-state index contributed by atoms with van der Waals surface area (Å²) >= 11 is 0. The fraction of sp³-hybridized carbons (Fsp3) is 0.611. The molecule has 2 aliphatic rings. The number of ether oxygens (including phenoxy) is 1. The standard InChI is InChI=1S/C18H25FN2O2.ClH/c1-13-16(3-2-10-20-13)21-17(22)18(8-11-23-12-9-18)14-4-6-15(19)7-5-14;/h4-7,13,16,20H,2-3,8-12H2,1H3,(H,21,22);1H. The summed E-state index contributed by atoms with van der Waals surface area (Å²) in [6, 6.07) is 6.77. The topological polar surface area (TPSA) is 50.4 Å². The van der Waals surface area contributed by atoms with E-state index in [2.05, 4.69) is 17.6 Å². The quantitative estimate of drug-likeness (QED) is 0.875. The van der Waals surface area contributed by atoms with Crippen LogP contribution in [0.5, 0.6) is 0 Å². The average molecular weight is 357 g/mol. The Morgan fingerprint density at radius 2 is 1.96 bits per heavy atom. The first kappa shape index (κ1) is 19.2. The van der Waals surface area contributed by atoms with Crippen molar-refractivity contribution in [1.82, 2.24) is 10.6 Å². The van der Waals surface area contributed by atoms with Crippen molar-refractivity contribution in [3.05, 3.63) is 35.6 Å². The summed E-state index contributed by atoms with van der Waals surface area (Å²) in [4.78, 5) is 13.1. The Kier molecular flexibility index (Phi) is 6.61. The van der Waals surface area contributed by atoms with Crippen LogP contribution in [0.25, 0.3) is 0 Å². The van der Waals surface area contributed by atoms with E-state index in [4.69, 9.17) is 4.74 Å². The molecule has 1 aromatic carbocycles. The van der Waals surface area contributed by atoms with Gasteiger partial charge in [-0.3, -0.25) is 4.79 Å². The van der Waals surface area contributed by atoms with Crippen molar-refractivity contribution >= 4 is 18.3 Å². The lowest BCUT2D eigenvalue weighted by atomic mass is 9.73. The number of amides is 1.